The van der Waals surface area contributed by atoms with Gasteiger partial charge in [0.15, 0.2) is 0 Å². The number of halogens is 20. The minimum absolute atomic E-state index is 0.169. The molecule has 6 atom stereocenters. The molecule has 0 saturated carbocycles. The van der Waals surface area contributed by atoms with Gasteiger partial charge in [0.1, 0.15) is 0 Å². The second-order valence-electron chi connectivity index (χ2n) is 12.9. The summed E-state index contributed by atoms with van der Waals surface area (Å²) >= 11 is -23.0. The molecule has 6 unspecified atom stereocenters. The van der Waals surface area contributed by atoms with E-state index in [1.807, 2.05) is 0 Å². The second-order valence-corrected chi connectivity index (χ2v) is 33.0. The van der Waals surface area contributed by atoms with Crippen molar-refractivity contribution in [3.63, 3.8) is 0 Å². The predicted octanol–water partition coefficient (Wildman–Crippen LogP) is 12.1. The maximum atomic E-state index is 16.7. The molecule has 2 aromatic rings. The fourth-order valence-electron chi connectivity index (χ4n) is 5.16. The standard InChI is InChI=1S/2C8H9O.4C4H4F5.O.2Sn/c2*1-7(9)8-5-3-2-4-6-8;4*1-2(5)4(8,9)3(6)7;;;/h2*2-7H,1H3;4*2H,1H3;;;/q2*-1;;;;;;2*+1. The van der Waals surface area contributed by atoms with Gasteiger partial charge in [-0.1, -0.05) is 0 Å². The van der Waals surface area contributed by atoms with E-state index in [0.717, 1.165) is 36.4 Å². The van der Waals surface area contributed by atoms with E-state index in [-0.39, 0.29) is 13.8 Å². The Labute approximate surface area is 322 Å². The van der Waals surface area contributed by atoms with Gasteiger partial charge in [-0.25, -0.2) is 0 Å². The molecule has 328 valence electrons. The van der Waals surface area contributed by atoms with E-state index >= 15 is 70.2 Å². The van der Waals surface area contributed by atoms with E-state index in [2.05, 4.69) is 7.56 Å². The molecule has 3 nitrogen and oxygen atoms in total. The van der Waals surface area contributed by atoms with E-state index in [9.17, 15) is 17.6 Å². The van der Waals surface area contributed by atoms with Crippen LogP contribution in [0.5, 0.6) is 0 Å². The van der Waals surface area contributed by atoms with Crippen molar-refractivity contribution in [3.05, 3.63) is 71.8 Å². The van der Waals surface area contributed by atoms with E-state index in [4.69, 9.17) is 0 Å². The monoisotopic (exact) mass is 1090 g/mol. The molecule has 0 N–H and O–H groups in total. The van der Waals surface area contributed by atoms with Crippen LogP contribution in [0.25, 0.3) is 0 Å². The third kappa shape index (κ3) is 8.31. The summed E-state index contributed by atoms with van der Waals surface area (Å²) in [6.45, 7) is -2.14. The van der Waals surface area contributed by atoms with E-state index < -0.39 is 154 Å². The van der Waals surface area contributed by atoms with E-state index in [1.54, 1.807) is 0 Å². The van der Waals surface area contributed by atoms with Crippen LogP contribution in [-0.2, 0) is 7.56 Å². The molecule has 0 radical (unpaired) electrons. The van der Waals surface area contributed by atoms with Crippen LogP contribution in [0.4, 0.5) is 87.8 Å². The molecule has 0 fully saturated rings. The van der Waals surface area contributed by atoms with Gasteiger partial charge in [0, 0.05) is 0 Å². The van der Waals surface area contributed by atoms with Gasteiger partial charge in [-0.05, 0) is 0 Å². The summed E-state index contributed by atoms with van der Waals surface area (Å²) in [6, 6.07) is 7.92. The summed E-state index contributed by atoms with van der Waals surface area (Å²) in [5.41, 5.74) is -1.85. The van der Waals surface area contributed by atoms with Gasteiger partial charge in [0.25, 0.3) is 0 Å². The molecule has 0 aliphatic carbocycles. The fourth-order valence-corrected chi connectivity index (χ4v) is 42.3. The first kappa shape index (κ1) is 51.7. The number of hydrogen-bond donors (Lipinski definition) is 0. The summed E-state index contributed by atoms with van der Waals surface area (Å²) in [6.07, 6.45) is -24.7. The normalized spacial score (nSPS) is 19.8. The van der Waals surface area contributed by atoms with Gasteiger partial charge >= 0.3 is 323 Å². The molecule has 0 spiro atoms. The van der Waals surface area contributed by atoms with Crippen LogP contribution in [0.15, 0.2) is 60.7 Å². The topological polar surface area (TPSA) is 27.7 Å². The van der Waals surface area contributed by atoms with E-state index in [0.29, 0.717) is 24.3 Å². The third-order valence-electron chi connectivity index (χ3n) is 8.84. The summed E-state index contributed by atoms with van der Waals surface area (Å²) in [5.74, 6) is -28.3. The molecule has 25 heteroatoms. The van der Waals surface area contributed by atoms with Crippen molar-refractivity contribution in [2.45, 2.75) is 118 Å². The molecule has 0 saturated heterocycles. The van der Waals surface area contributed by atoms with E-state index in [1.165, 1.54) is 0 Å². The molecule has 57 heavy (non-hydrogen) atoms. The first-order chi connectivity index (χ1) is 25.5. The molecule has 0 heterocycles. The Morgan fingerprint density at radius 1 is 0.368 bits per heavy atom. The predicted molar refractivity (Wildman–Crippen MR) is 166 cm³/mol. The molecular weight excluding hydrogens is 1050 g/mol. The average molecular weight is 1080 g/mol. The summed E-state index contributed by atoms with van der Waals surface area (Å²) in [7, 11) is 0. The van der Waals surface area contributed by atoms with Crippen LogP contribution < -0.4 is 0 Å². The number of rotatable bonds is 20. The molecule has 0 amide bonds. The molecule has 2 rings (SSSR count). The zero-order chi connectivity index (χ0) is 44.8. The summed E-state index contributed by atoms with van der Waals surface area (Å²) < 4.78 is 297. The fraction of sp³-hybridized carbons (Fsp3) is 0.625. The van der Waals surface area contributed by atoms with Gasteiger partial charge < -0.3 is 0 Å². The Morgan fingerprint density at radius 3 is 0.737 bits per heavy atom. The van der Waals surface area contributed by atoms with Crippen molar-refractivity contribution < 1.29 is 95.4 Å². The third-order valence-corrected chi connectivity index (χ3v) is 38.6. The van der Waals surface area contributed by atoms with Gasteiger partial charge in [-0.3, -0.25) is 0 Å². The Kier molecular flexibility index (Phi) is 15.5. The van der Waals surface area contributed by atoms with Crippen molar-refractivity contribution in [3.8, 4) is 0 Å². The van der Waals surface area contributed by atoms with Crippen LogP contribution in [0.1, 0.15) is 64.9 Å². The van der Waals surface area contributed by atoms with Crippen molar-refractivity contribution in [2.75, 3.05) is 0 Å². The zero-order valence-electron chi connectivity index (χ0n) is 30.0. The van der Waals surface area contributed by atoms with Crippen LogP contribution in [0.3, 0.4) is 0 Å². The average Bonchev–Trinajstić information content (AvgIpc) is 3.10. The number of benzene rings is 2. The molecule has 2 aromatic carbocycles. The van der Waals surface area contributed by atoms with Crippen molar-refractivity contribution >= 4 is 38.4 Å². The Bertz CT molecular complexity index is 1430. The van der Waals surface area contributed by atoms with Gasteiger partial charge in [-0.2, -0.15) is 0 Å². The first-order valence-corrected chi connectivity index (χ1v) is 26.6. The van der Waals surface area contributed by atoms with Gasteiger partial charge in [0.2, 0.25) is 0 Å². The Morgan fingerprint density at radius 2 is 0.561 bits per heavy atom. The zero-order valence-corrected chi connectivity index (χ0v) is 35.7. The molecule has 0 aromatic heterocycles. The quantitative estimate of drug-likeness (QED) is 0.0977. The Balaban J connectivity index is 3.64. The first-order valence-electron chi connectivity index (χ1n) is 16.2. The second kappa shape index (κ2) is 17.1. The number of alkyl halides is 20. The van der Waals surface area contributed by atoms with Crippen LogP contribution in [0, 0.1) is 0 Å². The molecule has 0 aliphatic heterocycles. The van der Waals surface area contributed by atoms with Crippen molar-refractivity contribution in [2.24, 2.45) is 0 Å². The maximum absolute atomic E-state index is 16.7. The van der Waals surface area contributed by atoms with Crippen molar-refractivity contribution in [1.82, 2.24) is 0 Å². The van der Waals surface area contributed by atoms with Crippen LogP contribution in [0.2, 0.25) is 0 Å². The number of hydrogen-bond acceptors (Lipinski definition) is 3. The molecular formula is C32H34F20O3Sn2. The SMILES string of the molecule is CC([O][Sn]([O][Sn]([O]C(C)c1ccccc1)([C](F)(F)C(F)(F)C(C)F)[C](F)(F)C(F)(F)C(C)F)([C](F)(F)C(F)(F)C(C)F)[C](F)(F)C(F)(F)C(C)F)c1ccccc1. The summed E-state index contributed by atoms with van der Waals surface area (Å²) in [5, 5.41) is 0. The van der Waals surface area contributed by atoms with Crippen LogP contribution in [-0.4, -0.2) is 103 Å². The Hall–Kier alpha value is -1.48. The van der Waals surface area contributed by atoms with Gasteiger partial charge in [0.05, 0.1) is 0 Å². The van der Waals surface area contributed by atoms with Crippen LogP contribution >= 0.6 is 0 Å². The molecule has 0 bridgehead atoms. The minimum atomic E-state index is -11.5. The summed E-state index contributed by atoms with van der Waals surface area (Å²) in [4.78, 5) is 0. The molecule has 0 aliphatic rings. The van der Waals surface area contributed by atoms with Crippen molar-refractivity contribution in [1.29, 1.82) is 0 Å². The van der Waals surface area contributed by atoms with Gasteiger partial charge in [-0.15, -0.1) is 0 Å².